The summed E-state index contributed by atoms with van der Waals surface area (Å²) in [6.45, 7) is 9.34. The number of likely N-dealkylation sites (N-methyl/N-ethyl adjacent to an activating group) is 6. The second-order valence-corrected chi connectivity index (χ2v) is 31.5. The first-order valence-electron chi connectivity index (χ1n) is 36.0. The number of nitrogens with zero attached hydrogens (tertiary/aromatic N) is 5. The van der Waals surface area contributed by atoms with Gasteiger partial charge >= 0.3 is 6.03 Å². The van der Waals surface area contributed by atoms with E-state index >= 15 is 0 Å². The Morgan fingerprint density at radius 2 is 0.815 bits per heavy atom. The van der Waals surface area contributed by atoms with Gasteiger partial charge in [-0.15, -0.1) is 23.5 Å². The number of halogens is 1. The van der Waals surface area contributed by atoms with Crippen molar-refractivity contribution in [1.82, 2.24) is 29.8 Å². The molecule has 8 aromatic carbocycles. The molecule has 10 atom stereocenters. The van der Waals surface area contributed by atoms with Crippen LogP contribution < -0.4 is 19.5 Å². The predicted octanol–water partition coefficient (Wildman–Crippen LogP) is 14.8. The van der Waals surface area contributed by atoms with Crippen molar-refractivity contribution in [1.29, 1.82) is 0 Å². The maximum absolute atomic E-state index is 12.6. The second kappa shape index (κ2) is 45.9. The predicted molar refractivity (Wildman–Crippen MR) is 436 cm³/mol. The summed E-state index contributed by atoms with van der Waals surface area (Å²) in [6.07, 6.45) is 8.76. The van der Waals surface area contributed by atoms with Gasteiger partial charge < -0.3 is 72.8 Å². The lowest BCUT2D eigenvalue weighted by Crippen LogP contribution is -2.39. The number of ether oxygens (including phenoxy) is 8. The van der Waals surface area contributed by atoms with Crippen molar-refractivity contribution < 1.29 is 60.6 Å². The highest BCUT2D eigenvalue weighted by Crippen LogP contribution is 2.40. The SMILES string of the molecule is C.C1CCOC1.CN(C)CC1OCc2ccccc2C1O.CN(C)CC1OCc2ccccc2C1Oc1ccccc1S(C)=O.CN1CCN(C)C1=O.CNC[C@@H]1OCc2ccccc2[C@@H]1Oc1ccccc1SC.CS(=O)c1ccccc1F.CSc1ccccc1OC1c2ccccc2COC1CN(C)C. The number of fused-ring (bicyclic) bond motifs is 4. The van der Waals surface area contributed by atoms with E-state index in [1.807, 2.05) is 157 Å². The zero-order chi connectivity index (χ0) is 76.8. The summed E-state index contributed by atoms with van der Waals surface area (Å²) in [5.41, 5.74) is 9.29. The summed E-state index contributed by atoms with van der Waals surface area (Å²) in [4.78, 5) is 23.7. The standard InChI is InChI=1S/C19H23NO3S.C19H23NO2S.C18H21NO2S.C12H17NO2.C7H7FOS.C5H10N2O.C4H8O.CH4/c1-20(2)12-17-19(15-9-5-4-8-14(15)13-22-17)23-16-10-6-7-11-18(16)24(3)21;1-20(2)12-17-19(15-9-5-4-8-14(15)13-21-17)22-16-10-6-7-11-18(16)23-3;1-19-11-16-18(14-8-4-3-7-13(14)12-20-16)21-15-9-5-6-10-17(15)22-2;1-13(2)7-11-12(14)10-6-4-3-5-9(10)8-15-11;1-10(9)7-5-3-2-4-6(7)8;1-6-3-4-7(2)5(6)8;1-2-4-5-3-1;/h4-11,17,19H,12-13H2,1-3H3;4-11,17,19H,12-13H2,1-3H3;3-10,16,18-19H,11-12H2,1-2H3;3-6,11-12,14H,7-8H2,1-2H3;2-5H,1H3;3-4H2,1-2H3;1-4H2;1H4/t;;16-,18-;;;;;/m..0...../s1. The van der Waals surface area contributed by atoms with Gasteiger partial charge in [-0.1, -0.05) is 153 Å². The first-order valence-corrected chi connectivity index (χ1v) is 41.6. The molecule has 6 aliphatic rings. The lowest BCUT2D eigenvalue weighted by Gasteiger charge is -2.35. The van der Waals surface area contributed by atoms with E-state index < -0.39 is 33.5 Å². The van der Waals surface area contributed by atoms with Crippen molar-refractivity contribution >= 4 is 51.2 Å². The largest absolute Gasteiger partial charge is 0.482 e. The Morgan fingerprint density at radius 1 is 0.481 bits per heavy atom. The number of aliphatic hydroxyl groups is 1. The van der Waals surface area contributed by atoms with Gasteiger partial charge in [0.1, 0.15) is 53.6 Å². The van der Waals surface area contributed by atoms with Gasteiger partial charge in [-0.3, -0.25) is 8.42 Å². The van der Waals surface area contributed by atoms with Crippen molar-refractivity contribution in [2.75, 3.05) is 141 Å². The molecule has 0 saturated carbocycles. The lowest BCUT2D eigenvalue weighted by molar-refractivity contribution is -0.0720. The molecule has 0 radical (unpaired) electrons. The first kappa shape index (κ1) is 88.2. The third-order valence-electron chi connectivity index (χ3n) is 18.1. The molecule has 2 fully saturated rings. The van der Waals surface area contributed by atoms with Gasteiger partial charge in [0.05, 0.1) is 57.8 Å². The smallest absolute Gasteiger partial charge is 0.319 e. The number of thioether (sulfide) groups is 2. The highest BCUT2D eigenvalue weighted by Gasteiger charge is 2.36. The van der Waals surface area contributed by atoms with Crippen LogP contribution in [0.1, 0.15) is 89.2 Å². The highest BCUT2D eigenvalue weighted by atomic mass is 32.2. The van der Waals surface area contributed by atoms with Crippen LogP contribution in [0.2, 0.25) is 0 Å². The summed E-state index contributed by atoms with van der Waals surface area (Å²) in [5, 5.41) is 13.3. The number of hydrogen-bond acceptors (Lipinski definition) is 18. The minimum absolute atomic E-state index is 0. The number of nitrogens with one attached hydrogen (secondary N) is 1. The first-order chi connectivity index (χ1) is 51.7. The number of urea groups is 1. The molecule has 0 bridgehead atoms. The van der Waals surface area contributed by atoms with Crippen LogP contribution in [0.15, 0.2) is 214 Å². The second-order valence-electron chi connectivity index (χ2n) is 27.1. The Labute approximate surface area is 655 Å². The van der Waals surface area contributed by atoms with Crippen LogP contribution in [0.4, 0.5) is 9.18 Å². The van der Waals surface area contributed by atoms with Gasteiger partial charge in [0.25, 0.3) is 0 Å². The van der Waals surface area contributed by atoms with Crippen molar-refractivity contribution in [2.24, 2.45) is 0 Å². The minimum atomic E-state index is -1.22. The van der Waals surface area contributed by atoms with Crippen LogP contribution in [-0.4, -0.2) is 209 Å². The van der Waals surface area contributed by atoms with Gasteiger partial charge in [0.15, 0.2) is 18.3 Å². The van der Waals surface area contributed by atoms with E-state index in [1.165, 1.54) is 53.5 Å². The molecule has 586 valence electrons. The summed E-state index contributed by atoms with van der Waals surface area (Å²) in [5.74, 6) is 2.10. The van der Waals surface area contributed by atoms with E-state index in [1.54, 1.807) is 51.7 Å². The molecule has 23 heteroatoms. The Bertz CT molecular complexity index is 4040. The van der Waals surface area contributed by atoms with Crippen molar-refractivity contribution in [3.8, 4) is 17.2 Å². The number of carbonyl (C=O) groups excluding carboxylic acids is 1. The Morgan fingerprint density at radius 3 is 1.19 bits per heavy atom. The van der Waals surface area contributed by atoms with Gasteiger partial charge in [-0.2, -0.15) is 0 Å². The topological polar surface area (TPSA) is 174 Å². The molecule has 2 N–H and O–H groups in total. The molecule has 18 nitrogen and oxygen atoms in total. The van der Waals surface area contributed by atoms with E-state index in [0.29, 0.717) is 37.1 Å². The number of para-hydroxylation sites is 3. The van der Waals surface area contributed by atoms with E-state index in [4.69, 9.17) is 37.9 Å². The fourth-order valence-corrected chi connectivity index (χ4v) is 15.0. The minimum Gasteiger partial charge on any atom is -0.482 e. The molecule has 0 aromatic heterocycles. The van der Waals surface area contributed by atoms with Crippen LogP contribution in [0.25, 0.3) is 0 Å². The molecule has 6 heterocycles. The Hall–Kier alpha value is -7.04. The zero-order valence-corrected chi connectivity index (χ0v) is 67.4. The van der Waals surface area contributed by atoms with Gasteiger partial charge in [-0.25, -0.2) is 9.18 Å². The molecule has 6 aliphatic heterocycles. The summed E-state index contributed by atoms with van der Waals surface area (Å²) in [6, 6.07) is 63.0. The molecule has 8 unspecified atom stereocenters. The normalized spacial score (nSPS) is 20.6. The molecule has 14 rings (SSSR count). The monoisotopic (exact) mass is 1560 g/mol. The molecular weight excluding hydrogens is 1440 g/mol. The number of aliphatic hydroxyl groups excluding tert-OH is 1. The molecule has 2 saturated heterocycles. The van der Waals surface area contributed by atoms with Crippen LogP contribution in [-0.2, 0) is 71.7 Å². The Kier molecular flexibility index (Phi) is 37.5. The van der Waals surface area contributed by atoms with Crippen LogP contribution in [0.3, 0.4) is 0 Å². The molecule has 0 aliphatic carbocycles. The molecule has 108 heavy (non-hydrogen) atoms. The third-order valence-corrected chi connectivity index (χ3v) is 21.6. The number of carbonyl (C=O) groups is 1. The molecular formula is C85H113FN6O12S4. The maximum Gasteiger partial charge on any atom is 0.319 e. The molecule has 8 aromatic rings. The van der Waals surface area contributed by atoms with Gasteiger partial charge in [-0.05, 0) is 151 Å². The van der Waals surface area contributed by atoms with Gasteiger partial charge in [0, 0.05) is 106 Å². The Balaban J connectivity index is 0.000000183. The quantitative estimate of drug-likeness (QED) is 0.0776. The third kappa shape index (κ3) is 26.3. The van der Waals surface area contributed by atoms with E-state index in [0.717, 1.165) is 96.0 Å². The summed E-state index contributed by atoms with van der Waals surface area (Å²) in [7, 11) is 15.4. The van der Waals surface area contributed by atoms with Crippen molar-refractivity contribution in [2.45, 2.75) is 115 Å². The van der Waals surface area contributed by atoms with E-state index in [-0.39, 0.29) is 61.1 Å². The summed E-state index contributed by atoms with van der Waals surface area (Å²) >= 11 is 3.40. The van der Waals surface area contributed by atoms with Crippen molar-refractivity contribution in [3.05, 3.63) is 244 Å². The number of hydrogen-bond donors (Lipinski definition) is 2. The number of rotatable bonds is 18. The fourth-order valence-electron chi connectivity index (χ4n) is 12.6. The molecule has 2 amide bonds. The number of amides is 2. The van der Waals surface area contributed by atoms with Gasteiger partial charge in [0.2, 0.25) is 0 Å². The average molecular weight is 1560 g/mol. The lowest BCUT2D eigenvalue weighted by atomic mass is 9.95. The molecule has 0 spiro atoms. The average Bonchev–Trinajstić information content (AvgIpc) is 0.959. The van der Waals surface area contributed by atoms with E-state index in [9.17, 15) is 22.7 Å². The zero-order valence-electron chi connectivity index (χ0n) is 64.2. The van der Waals surface area contributed by atoms with Crippen LogP contribution >= 0.6 is 23.5 Å². The summed E-state index contributed by atoms with van der Waals surface area (Å²) < 4.78 is 83.3. The maximum atomic E-state index is 12.6. The van der Waals surface area contributed by atoms with E-state index in [2.05, 4.69) is 108 Å². The van der Waals surface area contributed by atoms with Crippen molar-refractivity contribution in [3.63, 3.8) is 0 Å². The van der Waals surface area contributed by atoms with Crippen LogP contribution in [0.5, 0.6) is 17.2 Å². The van der Waals surface area contributed by atoms with Crippen LogP contribution in [0, 0.1) is 5.82 Å². The highest BCUT2D eigenvalue weighted by molar-refractivity contribution is 7.99. The fraction of sp³-hybridized carbons (Fsp3) is 0.424. The number of benzene rings is 8.